The normalized spacial score (nSPS) is 12.2. The highest BCUT2D eigenvalue weighted by Gasteiger charge is 2.33. The molecule has 0 fully saturated rings. The molecular weight excluding hydrogens is 416 g/mol. The summed E-state index contributed by atoms with van der Waals surface area (Å²) in [6.45, 7) is 3.12. The van der Waals surface area contributed by atoms with E-state index >= 15 is 0 Å². The Hall–Kier alpha value is -2.58. The van der Waals surface area contributed by atoms with Gasteiger partial charge in [0.05, 0.1) is 19.1 Å². The largest absolute Gasteiger partial charge is 0.495 e. The molecule has 2 aromatic carbocycles. The van der Waals surface area contributed by atoms with Crippen LogP contribution < -0.4 is 14.4 Å². The molecule has 7 nitrogen and oxygen atoms in total. The molecule has 0 saturated heterocycles. The molecule has 0 bridgehead atoms. The topological polar surface area (TPSA) is 92.8 Å². The summed E-state index contributed by atoms with van der Waals surface area (Å²) >= 11 is 6.06. The van der Waals surface area contributed by atoms with Crippen molar-refractivity contribution in [1.82, 2.24) is 0 Å². The summed E-state index contributed by atoms with van der Waals surface area (Å²) in [6, 6.07) is 9.93. The van der Waals surface area contributed by atoms with Crippen LogP contribution in [0.3, 0.4) is 0 Å². The molecule has 0 aliphatic rings. The second kappa shape index (κ2) is 9.28. The quantitative estimate of drug-likeness (QED) is 0.634. The van der Waals surface area contributed by atoms with E-state index in [1.165, 1.54) is 32.2 Å². The lowest BCUT2D eigenvalue weighted by Crippen LogP contribution is -2.47. The summed E-state index contributed by atoms with van der Waals surface area (Å²) in [5, 5.41) is 3.00. The highest BCUT2D eigenvalue weighted by atomic mass is 35.5. The van der Waals surface area contributed by atoms with Crippen molar-refractivity contribution in [2.45, 2.75) is 26.3 Å². The van der Waals surface area contributed by atoms with Crippen LogP contribution in [-0.4, -0.2) is 39.5 Å². The minimum atomic E-state index is -3.86. The SMILES string of the molecule is CC[C@@H](C(=O)Nc1cccc(C(C)=O)c1)N(c1cc(Cl)ccc1OC)S(C)(=O)=O. The number of nitrogens with zero attached hydrogens (tertiary/aromatic N) is 1. The molecule has 9 heteroatoms. The maximum absolute atomic E-state index is 13.0. The van der Waals surface area contributed by atoms with Gasteiger partial charge >= 0.3 is 0 Å². The van der Waals surface area contributed by atoms with Crippen molar-refractivity contribution in [3.63, 3.8) is 0 Å². The molecule has 1 amide bonds. The van der Waals surface area contributed by atoms with E-state index in [1.807, 2.05) is 0 Å². The van der Waals surface area contributed by atoms with E-state index in [0.717, 1.165) is 10.6 Å². The van der Waals surface area contributed by atoms with Crippen LogP contribution >= 0.6 is 11.6 Å². The Kier molecular flexibility index (Phi) is 7.26. The number of Topliss-reactive ketones (excluding diaryl/α,β-unsaturated/α-hetero) is 1. The molecule has 0 aromatic heterocycles. The third-order valence-corrected chi connectivity index (χ3v) is 5.65. The molecule has 0 heterocycles. The summed E-state index contributed by atoms with van der Waals surface area (Å²) in [5.74, 6) is -0.417. The predicted molar refractivity (Wildman–Crippen MR) is 114 cm³/mol. The second-order valence-corrected chi connectivity index (χ2v) is 8.72. The Morgan fingerprint density at radius 1 is 1.21 bits per heavy atom. The molecule has 1 N–H and O–H groups in total. The molecule has 2 aromatic rings. The van der Waals surface area contributed by atoms with E-state index in [1.54, 1.807) is 31.2 Å². The Morgan fingerprint density at radius 3 is 2.45 bits per heavy atom. The number of benzene rings is 2. The van der Waals surface area contributed by atoms with Gasteiger partial charge in [-0.05, 0) is 43.7 Å². The van der Waals surface area contributed by atoms with Crippen LogP contribution in [-0.2, 0) is 14.8 Å². The highest BCUT2D eigenvalue weighted by Crippen LogP contribution is 2.35. The molecule has 0 saturated carbocycles. The number of ether oxygens (including phenoxy) is 1. The number of hydrogen-bond donors (Lipinski definition) is 1. The van der Waals surface area contributed by atoms with Gasteiger partial charge < -0.3 is 10.1 Å². The Morgan fingerprint density at radius 2 is 1.90 bits per heavy atom. The molecule has 0 aliphatic heterocycles. The summed E-state index contributed by atoms with van der Waals surface area (Å²) in [5.41, 5.74) is 1.00. The molecule has 0 aliphatic carbocycles. The number of ketones is 1. The first-order valence-electron chi connectivity index (χ1n) is 8.83. The number of amides is 1. The van der Waals surface area contributed by atoms with Crippen LogP contribution in [0.25, 0.3) is 0 Å². The van der Waals surface area contributed by atoms with E-state index in [0.29, 0.717) is 16.3 Å². The van der Waals surface area contributed by atoms with Crippen LogP contribution in [0.1, 0.15) is 30.6 Å². The zero-order valence-electron chi connectivity index (χ0n) is 16.6. The van der Waals surface area contributed by atoms with Crippen molar-refractivity contribution >= 4 is 44.7 Å². The number of carbonyl (C=O) groups is 2. The fraction of sp³-hybridized carbons (Fsp3) is 0.300. The number of sulfonamides is 1. The van der Waals surface area contributed by atoms with E-state index in [-0.39, 0.29) is 23.6 Å². The van der Waals surface area contributed by atoms with Crippen molar-refractivity contribution in [3.8, 4) is 5.75 Å². The molecule has 156 valence electrons. The monoisotopic (exact) mass is 438 g/mol. The average molecular weight is 439 g/mol. The summed E-state index contributed by atoms with van der Waals surface area (Å²) in [4.78, 5) is 24.6. The van der Waals surface area contributed by atoms with Gasteiger partial charge in [0.25, 0.3) is 0 Å². The summed E-state index contributed by atoms with van der Waals surface area (Å²) < 4.78 is 31.5. The lowest BCUT2D eigenvalue weighted by molar-refractivity contribution is -0.117. The first-order valence-corrected chi connectivity index (χ1v) is 11.1. The Bertz CT molecular complexity index is 1020. The number of nitrogens with one attached hydrogen (secondary N) is 1. The van der Waals surface area contributed by atoms with Gasteiger partial charge in [-0.25, -0.2) is 8.42 Å². The first-order chi connectivity index (χ1) is 13.6. The molecule has 0 radical (unpaired) electrons. The number of carbonyl (C=O) groups excluding carboxylic acids is 2. The zero-order chi connectivity index (χ0) is 21.8. The van der Waals surface area contributed by atoms with Crippen LogP contribution in [0.2, 0.25) is 5.02 Å². The van der Waals surface area contributed by atoms with Crippen LogP contribution in [0, 0.1) is 0 Å². The van der Waals surface area contributed by atoms with Gasteiger partial charge in [-0.15, -0.1) is 0 Å². The molecule has 0 spiro atoms. The average Bonchev–Trinajstić information content (AvgIpc) is 2.65. The number of anilines is 2. The molecular formula is C20H23ClN2O5S. The molecule has 29 heavy (non-hydrogen) atoms. The Balaban J connectivity index is 2.47. The second-order valence-electron chi connectivity index (χ2n) is 6.43. The maximum Gasteiger partial charge on any atom is 0.248 e. The van der Waals surface area contributed by atoms with Crippen molar-refractivity contribution < 1.29 is 22.7 Å². The Labute approximate surface area is 175 Å². The lowest BCUT2D eigenvalue weighted by atomic mass is 10.1. The molecule has 1 atom stereocenters. The maximum atomic E-state index is 13.0. The van der Waals surface area contributed by atoms with Gasteiger partial charge in [0.15, 0.2) is 5.78 Å². The van der Waals surface area contributed by atoms with E-state index < -0.39 is 22.0 Å². The van der Waals surface area contributed by atoms with Crippen molar-refractivity contribution in [2.75, 3.05) is 23.0 Å². The van der Waals surface area contributed by atoms with Crippen LogP contribution in [0.5, 0.6) is 5.75 Å². The van der Waals surface area contributed by atoms with Gasteiger partial charge in [-0.3, -0.25) is 13.9 Å². The predicted octanol–water partition coefficient (Wildman–Crippen LogP) is 3.73. The third-order valence-electron chi connectivity index (χ3n) is 4.24. The van der Waals surface area contributed by atoms with E-state index in [9.17, 15) is 18.0 Å². The zero-order valence-corrected chi connectivity index (χ0v) is 18.2. The minimum Gasteiger partial charge on any atom is -0.495 e. The fourth-order valence-corrected chi connectivity index (χ4v) is 4.29. The standard InChI is InChI=1S/C20H23ClN2O5S/c1-5-17(20(25)22-16-8-6-7-14(11-16)13(2)24)23(29(4,26)27)18-12-15(21)9-10-19(18)28-3/h6-12,17H,5H2,1-4H3,(H,22,25)/t17-/m0/s1. The van der Waals surface area contributed by atoms with E-state index in [2.05, 4.69) is 5.32 Å². The van der Waals surface area contributed by atoms with Crippen molar-refractivity contribution in [1.29, 1.82) is 0 Å². The summed E-state index contributed by atoms with van der Waals surface area (Å²) in [7, 11) is -2.45. The van der Waals surface area contributed by atoms with E-state index in [4.69, 9.17) is 16.3 Å². The van der Waals surface area contributed by atoms with Crippen molar-refractivity contribution in [2.24, 2.45) is 0 Å². The van der Waals surface area contributed by atoms with Gasteiger partial charge in [0.2, 0.25) is 15.9 Å². The highest BCUT2D eigenvalue weighted by molar-refractivity contribution is 7.92. The molecule has 2 rings (SSSR count). The van der Waals surface area contributed by atoms with Gasteiger partial charge in [-0.1, -0.05) is 30.7 Å². The minimum absolute atomic E-state index is 0.144. The van der Waals surface area contributed by atoms with Gasteiger partial charge in [-0.2, -0.15) is 0 Å². The fourth-order valence-electron chi connectivity index (χ4n) is 2.91. The van der Waals surface area contributed by atoms with Crippen LogP contribution in [0.15, 0.2) is 42.5 Å². The van der Waals surface area contributed by atoms with Crippen molar-refractivity contribution in [3.05, 3.63) is 53.1 Å². The smallest absolute Gasteiger partial charge is 0.248 e. The number of halogens is 1. The first kappa shape index (κ1) is 22.7. The lowest BCUT2D eigenvalue weighted by Gasteiger charge is -2.31. The summed E-state index contributed by atoms with van der Waals surface area (Å²) in [6.07, 6.45) is 1.21. The third kappa shape index (κ3) is 5.48. The number of methoxy groups -OCH3 is 1. The van der Waals surface area contributed by atoms with Gasteiger partial charge in [0, 0.05) is 16.3 Å². The number of hydrogen-bond acceptors (Lipinski definition) is 5. The van der Waals surface area contributed by atoms with Crippen LogP contribution in [0.4, 0.5) is 11.4 Å². The van der Waals surface area contributed by atoms with Gasteiger partial charge in [0.1, 0.15) is 11.8 Å². The number of rotatable bonds is 8. The molecule has 0 unspecified atom stereocenters.